The smallest absolute Gasteiger partial charge is 0.462 e. The molecule has 10 heteroatoms. The van der Waals surface area contributed by atoms with Crippen LogP contribution in [-0.2, 0) is 32.7 Å². The maximum absolute atomic E-state index is 12.7. The van der Waals surface area contributed by atoms with Crippen LogP contribution in [0.3, 0.4) is 0 Å². The van der Waals surface area contributed by atoms with Crippen LogP contribution in [0.4, 0.5) is 0 Å². The average Bonchev–Trinajstić information content (AvgIpc) is 3.32. The number of phosphoric acid groups is 1. The van der Waals surface area contributed by atoms with Gasteiger partial charge in [-0.2, -0.15) is 0 Å². The Morgan fingerprint density at radius 1 is 0.448 bits per heavy atom. The van der Waals surface area contributed by atoms with Gasteiger partial charge in [0, 0.05) is 19.4 Å². The van der Waals surface area contributed by atoms with E-state index in [-0.39, 0.29) is 32.6 Å². The van der Waals surface area contributed by atoms with Gasteiger partial charge in [0.2, 0.25) is 0 Å². The van der Waals surface area contributed by atoms with Crippen LogP contribution in [0.5, 0.6) is 0 Å². The van der Waals surface area contributed by atoms with Crippen LogP contribution in [0.15, 0.2) is 60.8 Å². The second-order valence-corrected chi connectivity index (χ2v) is 19.9. The molecule has 0 aliphatic heterocycles. The van der Waals surface area contributed by atoms with E-state index in [9.17, 15) is 19.0 Å². The lowest BCUT2D eigenvalue weighted by atomic mass is 10.0. The van der Waals surface area contributed by atoms with Crippen LogP contribution in [0.2, 0.25) is 0 Å². The zero-order valence-electron chi connectivity index (χ0n) is 43.4. The highest BCUT2D eigenvalue weighted by molar-refractivity contribution is 7.47. The Bertz CT molecular complexity index is 1280. The third-order valence-corrected chi connectivity index (χ3v) is 12.8. The molecule has 67 heavy (non-hydrogen) atoms. The van der Waals surface area contributed by atoms with Crippen molar-refractivity contribution >= 4 is 19.8 Å². The van der Waals surface area contributed by atoms with Gasteiger partial charge in [-0.05, 0) is 77.0 Å². The minimum atomic E-state index is -4.39. The topological polar surface area (TPSA) is 134 Å². The molecule has 0 saturated carbocycles. The lowest BCUT2D eigenvalue weighted by Gasteiger charge is -2.19. The number of esters is 2. The highest BCUT2D eigenvalue weighted by Crippen LogP contribution is 2.43. The summed E-state index contributed by atoms with van der Waals surface area (Å²) in [6.07, 6.45) is 65.7. The van der Waals surface area contributed by atoms with Crippen molar-refractivity contribution in [3.05, 3.63) is 60.8 Å². The molecule has 0 spiro atoms. The highest BCUT2D eigenvalue weighted by atomic mass is 31.2. The number of hydrogen-bond acceptors (Lipinski definition) is 8. The summed E-state index contributed by atoms with van der Waals surface area (Å²) in [4.78, 5) is 35.0. The summed E-state index contributed by atoms with van der Waals surface area (Å²) in [7, 11) is -4.39. The molecule has 0 rings (SSSR count). The van der Waals surface area contributed by atoms with Gasteiger partial charge in [0.1, 0.15) is 6.61 Å². The third kappa shape index (κ3) is 52.9. The number of nitrogens with two attached hydrogens (primary N) is 1. The molecule has 0 aromatic carbocycles. The van der Waals surface area contributed by atoms with Crippen LogP contribution < -0.4 is 5.73 Å². The minimum Gasteiger partial charge on any atom is -0.462 e. The largest absolute Gasteiger partial charge is 0.472 e. The van der Waals surface area contributed by atoms with E-state index in [2.05, 4.69) is 74.6 Å². The maximum Gasteiger partial charge on any atom is 0.472 e. The molecule has 9 nitrogen and oxygen atoms in total. The van der Waals surface area contributed by atoms with Gasteiger partial charge in [-0.3, -0.25) is 18.6 Å². The van der Waals surface area contributed by atoms with Gasteiger partial charge in [-0.25, -0.2) is 4.57 Å². The molecular formula is C57H104NO8P. The maximum atomic E-state index is 12.7. The fourth-order valence-electron chi connectivity index (χ4n) is 7.74. The summed E-state index contributed by atoms with van der Waals surface area (Å²) in [5, 5.41) is 0. The number of carbonyl (C=O) groups excluding carboxylic acids is 2. The Labute approximate surface area is 412 Å². The van der Waals surface area contributed by atoms with Crippen LogP contribution in [0, 0.1) is 0 Å². The Morgan fingerprint density at radius 2 is 0.806 bits per heavy atom. The van der Waals surface area contributed by atoms with E-state index in [4.69, 9.17) is 24.3 Å². The van der Waals surface area contributed by atoms with Crippen molar-refractivity contribution in [1.82, 2.24) is 0 Å². The predicted molar refractivity (Wildman–Crippen MR) is 284 cm³/mol. The normalized spacial score (nSPS) is 13.6. The summed E-state index contributed by atoms with van der Waals surface area (Å²) >= 11 is 0. The van der Waals surface area contributed by atoms with E-state index in [1.165, 1.54) is 141 Å². The monoisotopic (exact) mass is 962 g/mol. The zero-order valence-corrected chi connectivity index (χ0v) is 44.3. The van der Waals surface area contributed by atoms with Crippen molar-refractivity contribution in [1.29, 1.82) is 0 Å². The number of carbonyl (C=O) groups is 2. The Balaban J connectivity index is 3.87. The fraction of sp³-hybridized carbons (Fsp3) is 0.789. The number of hydrogen-bond donors (Lipinski definition) is 2. The Kier molecular flexibility index (Phi) is 51.3. The molecule has 0 aromatic heterocycles. The van der Waals surface area contributed by atoms with Crippen molar-refractivity contribution in [2.75, 3.05) is 26.4 Å². The zero-order chi connectivity index (χ0) is 48.8. The molecular weight excluding hydrogens is 858 g/mol. The molecule has 0 aliphatic rings. The average molecular weight is 962 g/mol. The van der Waals surface area contributed by atoms with Gasteiger partial charge in [0.05, 0.1) is 13.2 Å². The quantitative estimate of drug-likeness (QED) is 0.0264. The van der Waals surface area contributed by atoms with Gasteiger partial charge in [-0.1, -0.05) is 229 Å². The van der Waals surface area contributed by atoms with E-state index in [1.807, 2.05) is 0 Å². The molecule has 0 bridgehead atoms. The van der Waals surface area contributed by atoms with Crippen LogP contribution >= 0.6 is 7.82 Å². The van der Waals surface area contributed by atoms with Crippen molar-refractivity contribution < 1.29 is 37.6 Å². The summed E-state index contributed by atoms with van der Waals surface area (Å²) in [5.74, 6) is -0.840. The molecule has 390 valence electrons. The molecule has 0 amide bonds. The summed E-state index contributed by atoms with van der Waals surface area (Å²) in [5.41, 5.74) is 5.37. The van der Waals surface area contributed by atoms with Crippen LogP contribution in [0.25, 0.3) is 0 Å². The lowest BCUT2D eigenvalue weighted by molar-refractivity contribution is -0.161. The molecule has 0 radical (unpaired) electrons. The standard InChI is InChI=1S/C57H104NO8P/c1-3-5-7-9-11-13-15-17-18-19-20-21-22-23-24-25-26-27-28-29-30-31-32-33-34-35-36-38-40-42-44-46-48-50-57(60)66-55(54-65-67(61,62)64-52-51-58)53-63-56(59)49-47-45-43-41-39-37-16-14-12-10-8-6-4-2/h8,10,14-17,19-20,22-23,55H,3-7,9,11-13,18,21,24-54,58H2,1-2H3,(H,61,62)/b10-8-,16-14-,17-15-,20-19-,23-22-. The second-order valence-electron chi connectivity index (χ2n) is 18.4. The molecule has 0 saturated heterocycles. The number of unbranched alkanes of at least 4 members (excludes halogenated alkanes) is 29. The van der Waals surface area contributed by atoms with E-state index in [0.717, 1.165) is 77.0 Å². The third-order valence-electron chi connectivity index (χ3n) is 11.9. The van der Waals surface area contributed by atoms with Crippen molar-refractivity contribution in [3.63, 3.8) is 0 Å². The Morgan fingerprint density at radius 3 is 1.21 bits per heavy atom. The minimum absolute atomic E-state index is 0.0506. The van der Waals surface area contributed by atoms with Crippen molar-refractivity contribution in [2.24, 2.45) is 5.73 Å². The van der Waals surface area contributed by atoms with Gasteiger partial charge in [0.25, 0.3) is 0 Å². The van der Waals surface area contributed by atoms with Gasteiger partial charge in [-0.15, -0.1) is 0 Å². The number of ether oxygens (including phenoxy) is 2. The molecule has 2 atom stereocenters. The Hall–Kier alpha value is -2.29. The summed E-state index contributed by atoms with van der Waals surface area (Å²) < 4.78 is 32.9. The van der Waals surface area contributed by atoms with E-state index < -0.39 is 32.5 Å². The SMILES string of the molecule is CCC/C=C\C/C=C\CCCCCCCC(=O)OCC(COP(=O)(O)OCCN)OC(=O)CCCCCCCCCCCCCCCCCCCC/C=C\C/C=C\C/C=C\CCCCCCC. The van der Waals surface area contributed by atoms with Crippen molar-refractivity contribution in [3.8, 4) is 0 Å². The first-order chi connectivity index (χ1) is 32.8. The first-order valence-corrected chi connectivity index (χ1v) is 29.3. The number of allylic oxidation sites excluding steroid dienone is 10. The molecule has 0 heterocycles. The van der Waals surface area contributed by atoms with E-state index in [0.29, 0.717) is 12.8 Å². The fourth-order valence-corrected chi connectivity index (χ4v) is 8.51. The summed E-state index contributed by atoms with van der Waals surface area (Å²) in [6.45, 7) is 3.66. The first kappa shape index (κ1) is 64.7. The van der Waals surface area contributed by atoms with Gasteiger partial charge >= 0.3 is 19.8 Å². The summed E-state index contributed by atoms with van der Waals surface area (Å²) in [6, 6.07) is 0. The van der Waals surface area contributed by atoms with Crippen molar-refractivity contribution in [2.45, 2.75) is 264 Å². The highest BCUT2D eigenvalue weighted by Gasteiger charge is 2.26. The van der Waals surface area contributed by atoms with E-state index >= 15 is 0 Å². The van der Waals surface area contributed by atoms with Gasteiger partial charge < -0.3 is 20.1 Å². The molecule has 2 unspecified atom stereocenters. The first-order valence-electron chi connectivity index (χ1n) is 27.8. The predicted octanol–water partition coefficient (Wildman–Crippen LogP) is 17.2. The van der Waals surface area contributed by atoms with E-state index in [1.54, 1.807) is 0 Å². The van der Waals surface area contributed by atoms with Gasteiger partial charge in [0.15, 0.2) is 6.10 Å². The number of rotatable bonds is 52. The molecule has 0 fully saturated rings. The second kappa shape index (κ2) is 53.1. The molecule has 3 N–H and O–H groups in total. The number of phosphoric ester groups is 1. The molecule has 0 aliphatic carbocycles. The lowest BCUT2D eigenvalue weighted by Crippen LogP contribution is -2.29. The van der Waals surface area contributed by atoms with Crippen LogP contribution in [-0.4, -0.2) is 49.3 Å². The van der Waals surface area contributed by atoms with Crippen LogP contribution in [0.1, 0.15) is 258 Å². The molecule has 0 aromatic rings.